The van der Waals surface area contributed by atoms with Crippen LogP contribution in [0.25, 0.3) is 0 Å². The lowest BCUT2D eigenvalue weighted by atomic mass is 10.2. The van der Waals surface area contributed by atoms with Crippen LogP contribution in [0.2, 0.25) is 0 Å². The van der Waals surface area contributed by atoms with E-state index < -0.39 is 0 Å². The molecule has 1 aliphatic heterocycles. The van der Waals surface area contributed by atoms with Crippen LogP contribution in [0.1, 0.15) is 29.6 Å². The fourth-order valence-corrected chi connectivity index (χ4v) is 2.57. The van der Waals surface area contributed by atoms with Gasteiger partial charge >= 0.3 is 0 Å². The quantitative estimate of drug-likeness (QED) is 0.764. The Kier molecular flexibility index (Phi) is 2.93. The average molecular weight is 198 g/mol. The fourth-order valence-electron chi connectivity index (χ4n) is 1.61. The Bertz CT molecular complexity index is 268. The highest BCUT2D eigenvalue weighted by Crippen LogP contribution is 2.25. The van der Waals surface area contributed by atoms with Gasteiger partial charge in [0.25, 0.3) is 0 Å². The van der Waals surface area contributed by atoms with Crippen LogP contribution in [0.15, 0.2) is 5.38 Å². The first-order valence-electron chi connectivity index (χ1n) is 4.68. The summed E-state index contributed by atoms with van der Waals surface area (Å²) in [4.78, 5) is 4.48. The predicted octanol–water partition coefficient (Wildman–Crippen LogP) is 1.10. The van der Waals surface area contributed by atoms with Crippen LogP contribution in [0, 0.1) is 0 Å². The molecular formula is C9H14N2OS. The molecule has 3 nitrogen and oxygen atoms in total. The van der Waals surface area contributed by atoms with Crippen molar-refractivity contribution in [3.63, 3.8) is 0 Å². The molecule has 0 bridgehead atoms. The normalized spacial score (nSPS) is 22.4. The number of aromatic nitrogens is 1. The van der Waals surface area contributed by atoms with Crippen LogP contribution in [-0.4, -0.2) is 23.2 Å². The molecular weight excluding hydrogens is 184 g/mol. The number of thiazole rings is 1. The molecule has 1 saturated heterocycles. The monoisotopic (exact) mass is 198 g/mol. The van der Waals surface area contributed by atoms with Crippen molar-refractivity contribution < 1.29 is 5.11 Å². The molecule has 0 amide bonds. The summed E-state index contributed by atoms with van der Waals surface area (Å²) in [7, 11) is 0. The van der Waals surface area contributed by atoms with Gasteiger partial charge in [-0.25, -0.2) is 4.98 Å². The predicted molar refractivity (Wildman–Crippen MR) is 52.9 cm³/mol. The third-order valence-electron chi connectivity index (χ3n) is 2.30. The second-order valence-corrected chi connectivity index (χ2v) is 4.19. The molecule has 2 rings (SSSR count). The molecule has 0 aromatic carbocycles. The highest BCUT2D eigenvalue weighted by Gasteiger charge is 2.18. The maximum atomic E-state index is 8.74. The number of aliphatic hydroxyl groups is 1. The molecule has 1 aromatic heterocycles. The van der Waals surface area contributed by atoms with Crippen molar-refractivity contribution in [2.45, 2.75) is 25.3 Å². The standard InChI is InChI=1S/C9H14N2OS/c12-5-3-7-6-13-9(11-7)8-2-1-4-10-8/h6,8,10,12H,1-5H2. The maximum absolute atomic E-state index is 8.74. The summed E-state index contributed by atoms with van der Waals surface area (Å²) in [6.45, 7) is 1.31. The van der Waals surface area contributed by atoms with Crippen molar-refractivity contribution >= 4 is 11.3 Å². The largest absolute Gasteiger partial charge is 0.396 e. The number of hydrogen-bond donors (Lipinski definition) is 2. The van der Waals surface area contributed by atoms with Gasteiger partial charge in [0, 0.05) is 18.4 Å². The molecule has 1 fully saturated rings. The summed E-state index contributed by atoms with van der Waals surface area (Å²) in [5, 5.41) is 15.4. The van der Waals surface area contributed by atoms with Gasteiger partial charge < -0.3 is 10.4 Å². The second-order valence-electron chi connectivity index (χ2n) is 3.30. The zero-order valence-corrected chi connectivity index (χ0v) is 8.31. The van der Waals surface area contributed by atoms with Crippen LogP contribution in [0.3, 0.4) is 0 Å². The highest BCUT2D eigenvalue weighted by atomic mass is 32.1. The first kappa shape index (κ1) is 9.12. The van der Waals surface area contributed by atoms with E-state index in [4.69, 9.17) is 5.11 Å². The highest BCUT2D eigenvalue weighted by molar-refractivity contribution is 7.09. The molecule has 13 heavy (non-hydrogen) atoms. The summed E-state index contributed by atoms with van der Waals surface area (Å²) in [6, 6.07) is 0.470. The van der Waals surface area contributed by atoms with Gasteiger partial charge in [0.05, 0.1) is 11.7 Å². The Morgan fingerprint density at radius 3 is 3.31 bits per heavy atom. The summed E-state index contributed by atoms with van der Waals surface area (Å²) < 4.78 is 0. The van der Waals surface area contributed by atoms with E-state index in [2.05, 4.69) is 10.3 Å². The van der Waals surface area contributed by atoms with Crippen molar-refractivity contribution in [3.8, 4) is 0 Å². The van der Waals surface area contributed by atoms with Crippen LogP contribution in [0.5, 0.6) is 0 Å². The van der Waals surface area contributed by atoms with Gasteiger partial charge in [-0.3, -0.25) is 0 Å². The van der Waals surface area contributed by atoms with Crippen molar-refractivity contribution in [2.75, 3.05) is 13.2 Å². The smallest absolute Gasteiger partial charge is 0.110 e. The van der Waals surface area contributed by atoms with Gasteiger partial charge in [0.2, 0.25) is 0 Å². The topological polar surface area (TPSA) is 45.1 Å². The van der Waals surface area contributed by atoms with E-state index >= 15 is 0 Å². The Labute approximate surface area is 81.8 Å². The number of nitrogens with zero attached hydrogens (tertiary/aromatic N) is 1. The van der Waals surface area contributed by atoms with Crippen molar-refractivity contribution in [1.82, 2.24) is 10.3 Å². The third-order valence-corrected chi connectivity index (χ3v) is 3.30. The molecule has 1 aliphatic rings. The zero-order valence-electron chi connectivity index (χ0n) is 7.49. The second kappa shape index (κ2) is 4.17. The van der Waals surface area contributed by atoms with Gasteiger partial charge in [0.1, 0.15) is 5.01 Å². The minimum absolute atomic E-state index is 0.196. The lowest BCUT2D eigenvalue weighted by molar-refractivity contribution is 0.298. The summed E-state index contributed by atoms with van der Waals surface area (Å²) >= 11 is 1.70. The van der Waals surface area contributed by atoms with Crippen molar-refractivity contribution in [2.24, 2.45) is 0 Å². The van der Waals surface area contributed by atoms with E-state index in [1.807, 2.05) is 5.38 Å². The number of rotatable bonds is 3. The first-order valence-corrected chi connectivity index (χ1v) is 5.56. The maximum Gasteiger partial charge on any atom is 0.110 e. The minimum Gasteiger partial charge on any atom is -0.396 e. The van der Waals surface area contributed by atoms with Crippen LogP contribution < -0.4 is 5.32 Å². The van der Waals surface area contributed by atoms with E-state index in [9.17, 15) is 0 Å². The molecule has 0 radical (unpaired) electrons. The molecule has 2 N–H and O–H groups in total. The Hall–Kier alpha value is -0.450. The zero-order chi connectivity index (χ0) is 9.10. The van der Waals surface area contributed by atoms with Gasteiger partial charge in [0.15, 0.2) is 0 Å². The molecule has 4 heteroatoms. The molecule has 1 aromatic rings. The molecule has 1 unspecified atom stereocenters. The van der Waals surface area contributed by atoms with E-state index in [0.717, 1.165) is 12.2 Å². The van der Waals surface area contributed by atoms with E-state index in [1.165, 1.54) is 17.8 Å². The Balaban J connectivity index is 2.03. The lowest BCUT2D eigenvalue weighted by Crippen LogP contribution is -2.12. The molecule has 72 valence electrons. The summed E-state index contributed by atoms with van der Waals surface area (Å²) in [6.07, 6.45) is 3.13. The summed E-state index contributed by atoms with van der Waals surface area (Å²) in [5.74, 6) is 0. The number of nitrogens with one attached hydrogen (secondary N) is 1. The van der Waals surface area contributed by atoms with Gasteiger partial charge in [-0.1, -0.05) is 0 Å². The molecule has 1 atom stereocenters. The first-order chi connectivity index (χ1) is 6.40. The third kappa shape index (κ3) is 2.07. The van der Waals surface area contributed by atoms with Crippen LogP contribution >= 0.6 is 11.3 Å². The molecule has 0 aliphatic carbocycles. The number of aliphatic hydroxyl groups excluding tert-OH is 1. The number of hydrogen-bond acceptors (Lipinski definition) is 4. The van der Waals surface area contributed by atoms with Gasteiger partial charge in [-0.05, 0) is 19.4 Å². The SMILES string of the molecule is OCCc1csc(C2CCCN2)n1. The molecule has 2 heterocycles. The fraction of sp³-hybridized carbons (Fsp3) is 0.667. The van der Waals surface area contributed by atoms with Crippen LogP contribution in [-0.2, 0) is 6.42 Å². The lowest BCUT2D eigenvalue weighted by Gasteiger charge is -2.04. The molecule has 0 spiro atoms. The molecule has 0 saturated carbocycles. The minimum atomic E-state index is 0.196. The van der Waals surface area contributed by atoms with E-state index in [1.54, 1.807) is 11.3 Å². The average Bonchev–Trinajstić information content (AvgIpc) is 2.70. The summed E-state index contributed by atoms with van der Waals surface area (Å²) in [5.41, 5.74) is 1.02. The van der Waals surface area contributed by atoms with Crippen LogP contribution in [0.4, 0.5) is 0 Å². The Morgan fingerprint density at radius 1 is 1.69 bits per heavy atom. The van der Waals surface area contributed by atoms with Crippen molar-refractivity contribution in [3.05, 3.63) is 16.1 Å². The Morgan fingerprint density at radius 2 is 2.62 bits per heavy atom. The van der Waals surface area contributed by atoms with Gasteiger partial charge in [-0.15, -0.1) is 11.3 Å². The van der Waals surface area contributed by atoms with E-state index in [-0.39, 0.29) is 6.61 Å². The van der Waals surface area contributed by atoms with E-state index in [0.29, 0.717) is 12.5 Å². The van der Waals surface area contributed by atoms with Gasteiger partial charge in [-0.2, -0.15) is 0 Å². The van der Waals surface area contributed by atoms with Crippen molar-refractivity contribution in [1.29, 1.82) is 0 Å².